The summed E-state index contributed by atoms with van der Waals surface area (Å²) in [6.07, 6.45) is 0.619. The second-order valence-electron chi connectivity index (χ2n) is 6.27. The maximum Gasteiger partial charge on any atom is 0.387 e. The number of alkyl halides is 2. The molecule has 0 saturated carbocycles. The van der Waals surface area contributed by atoms with Gasteiger partial charge >= 0.3 is 6.61 Å². The van der Waals surface area contributed by atoms with Gasteiger partial charge in [-0.3, -0.25) is 4.79 Å². The lowest BCUT2D eigenvalue weighted by molar-refractivity contribution is -0.119. The molecule has 2 rings (SSSR count). The van der Waals surface area contributed by atoms with Crippen LogP contribution >= 0.6 is 0 Å². The minimum atomic E-state index is -2.82. The Morgan fingerprint density at radius 1 is 1.15 bits per heavy atom. The smallest absolute Gasteiger partial charge is 0.387 e. The molecule has 0 saturated heterocycles. The summed E-state index contributed by atoms with van der Waals surface area (Å²) in [5.74, 6) is 0.0639. The van der Waals surface area contributed by atoms with Crippen LogP contribution in [0, 0.1) is 13.8 Å². The van der Waals surface area contributed by atoms with Crippen LogP contribution in [-0.4, -0.2) is 32.7 Å². The van der Waals surface area contributed by atoms with Crippen LogP contribution in [0.3, 0.4) is 0 Å². The van der Waals surface area contributed by atoms with Gasteiger partial charge in [0.15, 0.2) is 0 Å². The highest BCUT2D eigenvalue weighted by Gasteiger charge is 2.10. The molecule has 1 N–H and O–H groups in total. The first-order chi connectivity index (χ1) is 12.3. The van der Waals surface area contributed by atoms with Gasteiger partial charge in [-0.2, -0.15) is 8.78 Å². The Morgan fingerprint density at radius 3 is 2.50 bits per heavy atom. The van der Waals surface area contributed by atoms with Crippen LogP contribution in [-0.2, 0) is 11.2 Å². The van der Waals surface area contributed by atoms with E-state index in [1.54, 1.807) is 12.1 Å². The highest BCUT2D eigenvalue weighted by Crippen LogP contribution is 2.20. The van der Waals surface area contributed by atoms with Crippen LogP contribution in [0.4, 0.5) is 14.5 Å². The van der Waals surface area contributed by atoms with Gasteiger partial charge < -0.3 is 15.0 Å². The number of likely N-dealkylation sites (N-methyl/N-ethyl adjacent to an activating group) is 1. The number of carbonyl (C=O) groups excluding carboxylic acids is 1. The van der Waals surface area contributed by atoms with Crippen molar-refractivity contribution >= 4 is 11.6 Å². The molecule has 0 aliphatic rings. The van der Waals surface area contributed by atoms with E-state index in [1.165, 1.54) is 12.1 Å². The third-order valence-electron chi connectivity index (χ3n) is 4.04. The highest BCUT2D eigenvalue weighted by atomic mass is 19.3. The lowest BCUT2D eigenvalue weighted by Gasteiger charge is -2.21. The predicted molar refractivity (Wildman–Crippen MR) is 99.0 cm³/mol. The molecule has 0 radical (unpaired) electrons. The van der Waals surface area contributed by atoms with Crippen LogP contribution in [0.25, 0.3) is 0 Å². The number of hydrogen-bond acceptors (Lipinski definition) is 3. The second-order valence-corrected chi connectivity index (χ2v) is 6.27. The summed E-state index contributed by atoms with van der Waals surface area (Å²) in [5, 5.41) is 2.88. The fraction of sp³-hybridized carbons (Fsp3) is 0.350. The maximum absolute atomic E-state index is 12.1. The van der Waals surface area contributed by atoms with Gasteiger partial charge in [0, 0.05) is 19.3 Å². The van der Waals surface area contributed by atoms with Gasteiger partial charge in [0.2, 0.25) is 5.91 Å². The van der Waals surface area contributed by atoms with Gasteiger partial charge in [-0.05, 0) is 55.2 Å². The Bertz CT molecular complexity index is 733. The topological polar surface area (TPSA) is 41.6 Å². The van der Waals surface area contributed by atoms with Gasteiger partial charge in [-0.1, -0.05) is 24.3 Å². The van der Waals surface area contributed by atoms with Crippen LogP contribution in [0.5, 0.6) is 5.75 Å². The van der Waals surface area contributed by atoms with E-state index in [-0.39, 0.29) is 18.2 Å². The van der Waals surface area contributed by atoms with Crippen molar-refractivity contribution in [2.45, 2.75) is 26.9 Å². The zero-order chi connectivity index (χ0) is 19.1. The SMILES string of the molecule is Cc1ccc(C)c(N(C)CC(=O)NCCc2ccc(OC(F)F)cc2)c1. The Hall–Kier alpha value is -2.63. The fourth-order valence-electron chi connectivity index (χ4n) is 2.67. The lowest BCUT2D eigenvalue weighted by atomic mass is 10.1. The van der Waals surface area contributed by atoms with Crippen molar-refractivity contribution < 1.29 is 18.3 Å². The van der Waals surface area contributed by atoms with Crippen molar-refractivity contribution in [1.82, 2.24) is 5.32 Å². The zero-order valence-corrected chi connectivity index (χ0v) is 15.3. The van der Waals surface area contributed by atoms with Crippen LogP contribution in [0.2, 0.25) is 0 Å². The molecule has 4 nitrogen and oxygen atoms in total. The summed E-state index contributed by atoms with van der Waals surface area (Å²) >= 11 is 0. The Kier molecular flexibility index (Phi) is 6.95. The summed E-state index contributed by atoms with van der Waals surface area (Å²) in [6.45, 7) is 1.97. The molecule has 1 amide bonds. The maximum atomic E-state index is 12.1. The molecule has 0 bridgehead atoms. The molecule has 2 aromatic rings. The third-order valence-corrected chi connectivity index (χ3v) is 4.04. The Balaban J connectivity index is 1.79. The van der Waals surface area contributed by atoms with Crippen molar-refractivity contribution in [1.29, 1.82) is 0 Å². The molecule has 140 valence electrons. The minimum absolute atomic E-state index is 0.0638. The highest BCUT2D eigenvalue weighted by molar-refractivity contribution is 5.81. The molecule has 0 aliphatic heterocycles. The van der Waals surface area contributed by atoms with Crippen LogP contribution in [0.15, 0.2) is 42.5 Å². The standard InChI is InChI=1S/C20H24F2N2O2/c1-14-4-5-15(2)18(12-14)24(3)13-19(25)23-11-10-16-6-8-17(9-7-16)26-20(21)22/h4-9,12,20H,10-11,13H2,1-3H3,(H,23,25). The number of anilines is 1. The average Bonchev–Trinajstić information content (AvgIpc) is 2.58. The first kappa shape index (κ1) is 19.7. The lowest BCUT2D eigenvalue weighted by Crippen LogP contribution is -2.36. The van der Waals surface area contributed by atoms with E-state index in [9.17, 15) is 13.6 Å². The van der Waals surface area contributed by atoms with Crippen molar-refractivity contribution in [2.24, 2.45) is 0 Å². The summed E-state index contributed by atoms with van der Waals surface area (Å²) in [5.41, 5.74) is 4.25. The fourth-order valence-corrected chi connectivity index (χ4v) is 2.67. The number of nitrogens with one attached hydrogen (secondary N) is 1. The summed E-state index contributed by atoms with van der Waals surface area (Å²) in [7, 11) is 1.89. The van der Waals surface area contributed by atoms with Gasteiger partial charge in [0.05, 0.1) is 6.54 Å². The number of benzene rings is 2. The zero-order valence-electron chi connectivity index (χ0n) is 15.3. The molecule has 0 aliphatic carbocycles. The third kappa shape index (κ3) is 6.02. The van der Waals surface area contributed by atoms with E-state index in [2.05, 4.69) is 16.1 Å². The average molecular weight is 362 g/mol. The van der Waals surface area contributed by atoms with Crippen LogP contribution in [0.1, 0.15) is 16.7 Å². The first-order valence-corrected chi connectivity index (χ1v) is 8.44. The van der Waals surface area contributed by atoms with E-state index >= 15 is 0 Å². The first-order valence-electron chi connectivity index (χ1n) is 8.44. The number of halogens is 2. The monoisotopic (exact) mass is 362 g/mol. The number of rotatable bonds is 8. The normalized spacial score (nSPS) is 10.7. The number of carbonyl (C=O) groups is 1. The van der Waals surface area contributed by atoms with Crippen molar-refractivity contribution in [2.75, 3.05) is 25.0 Å². The summed E-state index contributed by atoms with van der Waals surface area (Å²) in [4.78, 5) is 14.1. The molecule has 2 aromatic carbocycles. The van der Waals surface area contributed by atoms with Crippen molar-refractivity contribution in [3.63, 3.8) is 0 Å². The molecule has 0 unspecified atom stereocenters. The van der Waals surface area contributed by atoms with Gasteiger partial charge in [-0.25, -0.2) is 0 Å². The molecule has 0 aromatic heterocycles. The number of amides is 1. The minimum Gasteiger partial charge on any atom is -0.435 e. The van der Waals surface area contributed by atoms with E-state index in [0.717, 1.165) is 22.4 Å². The molecule has 0 fully saturated rings. The number of hydrogen-bond donors (Lipinski definition) is 1. The van der Waals surface area contributed by atoms with Gasteiger partial charge in [0.1, 0.15) is 5.75 Å². The molecule has 0 heterocycles. The number of aryl methyl sites for hydroxylation is 2. The van der Waals surface area contributed by atoms with E-state index in [0.29, 0.717) is 13.0 Å². The van der Waals surface area contributed by atoms with Crippen molar-refractivity contribution in [3.05, 3.63) is 59.2 Å². The summed E-state index contributed by atoms with van der Waals surface area (Å²) < 4.78 is 28.5. The molecular weight excluding hydrogens is 338 g/mol. The summed E-state index contributed by atoms with van der Waals surface area (Å²) in [6, 6.07) is 12.6. The van der Waals surface area contributed by atoms with Crippen molar-refractivity contribution in [3.8, 4) is 5.75 Å². The van der Waals surface area contributed by atoms with E-state index in [4.69, 9.17) is 0 Å². The molecular formula is C20H24F2N2O2. The molecule has 6 heteroatoms. The number of nitrogens with zero attached hydrogens (tertiary/aromatic N) is 1. The largest absolute Gasteiger partial charge is 0.435 e. The predicted octanol–water partition coefficient (Wildman–Crippen LogP) is 3.70. The van der Waals surface area contributed by atoms with E-state index < -0.39 is 6.61 Å². The van der Waals surface area contributed by atoms with Crippen LogP contribution < -0.4 is 15.0 Å². The molecule has 0 spiro atoms. The number of ether oxygens (including phenoxy) is 1. The Morgan fingerprint density at radius 2 is 1.85 bits per heavy atom. The molecule has 26 heavy (non-hydrogen) atoms. The van der Waals surface area contributed by atoms with E-state index in [1.807, 2.05) is 37.9 Å². The molecule has 0 atom stereocenters. The van der Waals surface area contributed by atoms with Gasteiger partial charge in [0.25, 0.3) is 0 Å². The Labute approximate surface area is 152 Å². The van der Waals surface area contributed by atoms with Gasteiger partial charge in [-0.15, -0.1) is 0 Å². The quantitative estimate of drug-likeness (QED) is 0.779. The second kappa shape index (κ2) is 9.17.